The van der Waals surface area contributed by atoms with Crippen LogP contribution in [0.2, 0.25) is 5.02 Å². The maximum atomic E-state index is 9.15. The smallest absolute Gasteiger partial charge is 0.177 e. The zero-order chi connectivity index (χ0) is 14.8. The van der Waals surface area contributed by atoms with Crippen molar-refractivity contribution >= 4 is 11.6 Å². The van der Waals surface area contributed by atoms with Crippen LogP contribution in [0.5, 0.6) is 0 Å². The lowest BCUT2D eigenvalue weighted by molar-refractivity contribution is 0.688. The van der Waals surface area contributed by atoms with Gasteiger partial charge in [-0.2, -0.15) is 10.5 Å². The van der Waals surface area contributed by atoms with E-state index in [0.717, 1.165) is 17.8 Å². The monoisotopic (exact) mass is 297 g/mol. The minimum Gasteiger partial charge on any atom is -0.310 e. The molecule has 0 saturated heterocycles. The summed E-state index contributed by atoms with van der Waals surface area (Å²) in [4.78, 5) is 3.93. The summed E-state index contributed by atoms with van der Waals surface area (Å²) in [6.45, 7) is 0.738. The maximum Gasteiger partial charge on any atom is 0.177 e. The Labute approximate surface area is 127 Å². The van der Waals surface area contributed by atoms with Crippen LogP contribution in [-0.2, 0) is 6.54 Å². The van der Waals surface area contributed by atoms with Crippen molar-refractivity contribution in [3.63, 3.8) is 0 Å². The van der Waals surface area contributed by atoms with E-state index in [1.165, 1.54) is 19.2 Å². The van der Waals surface area contributed by atoms with Crippen molar-refractivity contribution in [2.45, 2.75) is 25.4 Å². The molecule has 1 fully saturated rings. The molecule has 2 aromatic rings. The third kappa shape index (κ3) is 2.75. The van der Waals surface area contributed by atoms with Gasteiger partial charge in [-0.1, -0.05) is 17.7 Å². The number of imidazole rings is 1. The molecule has 0 atom stereocenters. The van der Waals surface area contributed by atoms with Crippen molar-refractivity contribution in [3.05, 3.63) is 46.5 Å². The summed E-state index contributed by atoms with van der Waals surface area (Å²) in [5.74, 6) is 0. The van der Waals surface area contributed by atoms with Crippen LogP contribution in [0.15, 0.2) is 24.5 Å². The first-order valence-corrected chi connectivity index (χ1v) is 7.00. The molecule has 0 spiro atoms. The summed E-state index contributed by atoms with van der Waals surface area (Å²) in [5.41, 5.74) is 2.08. The summed E-state index contributed by atoms with van der Waals surface area (Å²) in [7, 11) is 0. The summed E-state index contributed by atoms with van der Waals surface area (Å²) in [6.07, 6.45) is 3.92. The number of hydrogen-bond acceptors (Lipinski definition) is 4. The first-order valence-electron chi connectivity index (χ1n) is 6.62. The molecule has 0 amide bonds. The molecule has 3 rings (SSSR count). The SMILES string of the molecule is N#Cc1ncn(-c2ccc(CNC3CC3)c(Cl)c2)c1C#N. The van der Waals surface area contributed by atoms with E-state index in [1.807, 2.05) is 24.3 Å². The quantitative estimate of drug-likeness (QED) is 0.940. The highest BCUT2D eigenvalue weighted by atomic mass is 35.5. The Balaban J connectivity index is 1.89. The molecule has 1 aromatic carbocycles. The van der Waals surface area contributed by atoms with E-state index in [1.54, 1.807) is 10.6 Å². The normalized spacial score (nSPS) is 13.7. The van der Waals surface area contributed by atoms with Gasteiger partial charge in [0, 0.05) is 23.3 Å². The second-order valence-corrected chi connectivity index (χ2v) is 5.37. The molecule has 1 aliphatic rings. The standard InChI is InChI=1S/C15H12ClN5/c16-13-5-12(4-1-10(13)8-19-11-2-3-11)21-9-20-14(6-17)15(21)7-18/h1,4-5,9,11,19H,2-3,8H2. The van der Waals surface area contributed by atoms with E-state index in [0.29, 0.717) is 11.1 Å². The van der Waals surface area contributed by atoms with Crippen molar-refractivity contribution in [1.29, 1.82) is 10.5 Å². The van der Waals surface area contributed by atoms with Crippen molar-refractivity contribution in [1.82, 2.24) is 14.9 Å². The number of hydrogen-bond donors (Lipinski definition) is 1. The first-order chi connectivity index (χ1) is 10.2. The van der Waals surface area contributed by atoms with Gasteiger partial charge < -0.3 is 5.32 Å². The Morgan fingerprint density at radius 2 is 2.14 bits per heavy atom. The third-order valence-electron chi connectivity index (χ3n) is 3.45. The average Bonchev–Trinajstić information content (AvgIpc) is 3.23. The lowest BCUT2D eigenvalue weighted by Crippen LogP contribution is -2.15. The number of nitriles is 2. The Kier molecular flexibility index (Phi) is 3.62. The second-order valence-electron chi connectivity index (χ2n) is 4.97. The molecular formula is C15H12ClN5. The Bertz CT molecular complexity index is 761. The fourth-order valence-electron chi connectivity index (χ4n) is 2.10. The Morgan fingerprint density at radius 3 is 2.76 bits per heavy atom. The van der Waals surface area contributed by atoms with Crippen LogP contribution in [0.25, 0.3) is 5.69 Å². The van der Waals surface area contributed by atoms with Crippen molar-refractivity contribution < 1.29 is 0 Å². The number of halogens is 1. The molecule has 1 aromatic heterocycles. The summed E-state index contributed by atoms with van der Waals surface area (Å²) in [6, 6.07) is 10.1. The van der Waals surface area contributed by atoms with Crippen LogP contribution >= 0.6 is 11.6 Å². The Morgan fingerprint density at radius 1 is 1.33 bits per heavy atom. The van der Waals surface area contributed by atoms with Crippen molar-refractivity contribution in [2.75, 3.05) is 0 Å². The van der Waals surface area contributed by atoms with E-state index in [2.05, 4.69) is 10.3 Å². The van der Waals surface area contributed by atoms with Gasteiger partial charge in [0.25, 0.3) is 0 Å². The van der Waals surface area contributed by atoms with Gasteiger partial charge in [-0.3, -0.25) is 4.57 Å². The number of nitrogens with zero attached hydrogens (tertiary/aromatic N) is 4. The van der Waals surface area contributed by atoms with Gasteiger partial charge in [0.1, 0.15) is 18.5 Å². The van der Waals surface area contributed by atoms with E-state index < -0.39 is 0 Å². The highest BCUT2D eigenvalue weighted by molar-refractivity contribution is 6.31. The topological polar surface area (TPSA) is 77.4 Å². The number of rotatable bonds is 4. The third-order valence-corrected chi connectivity index (χ3v) is 3.80. The lowest BCUT2D eigenvalue weighted by atomic mass is 10.2. The molecule has 5 nitrogen and oxygen atoms in total. The molecule has 0 unspecified atom stereocenters. The van der Waals surface area contributed by atoms with Gasteiger partial charge in [0.05, 0.1) is 0 Å². The number of benzene rings is 1. The number of aromatic nitrogens is 2. The van der Waals surface area contributed by atoms with E-state index in [4.69, 9.17) is 22.1 Å². The molecule has 1 N–H and O–H groups in total. The van der Waals surface area contributed by atoms with E-state index >= 15 is 0 Å². The fourth-order valence-corrected chi connectivity index (χ4v) is 2.35. The molecule has 1 saturated carbocycles. The van der Waals surface area contributed by atoms with Gasteiger partial charge in [-0.25, -0.2) is 4.98 Å². The molecule has 21 heavy (non-hydrogen) atoms. The number of nitrogens with one attached hydrogen (secondary N) is 1. The zero-order valence-corrected chi connectivity index (χ0v) is 11.9. The molecule has 104 valence electrons. The van der Waals surface area contributed by atoms with Gasteiger partial charge >= 0.3 is 0 Å². The molecule has 0 radical (unpaired) electrons. The highest BCUT2D eigenvalue weighted by Gasteiger charge is 2.20. The van der Waals surface area contributed by atoms with Gasteiger partial charge in [0.15, 0.2) is 11.4 Å². The van der Waals surface area contributed by atoms with Crippen LogP contribution in [0.3, 0.4) is 0 Å². The molecule has 0 bridgehead atoms. The summed E-state index contributed by atoms with van der Waals surface area (Å²) < 4.78 is 1.57. The fraction of sp³-hybridized carbons (Fsp3) is 0.267. The maximum absolute atomic E-state index is 9.15. The van der Waals surface area contributed by atoms with Crippen LogP contribution in [0, 0.1) is 22.7 Å². The van der Waals surface area contributed by atoms with Gasteiger partial charge in [-0.15, -0.1) is 0 Å². The lowest BCUT2D eigenvalue weighted by Gasteiger charge is -2.09. The highest BCUT2D eigenvalue weighted by Crippen LogP contribution is 2.24. The van der Waals surface area contributed by atoms with E-state index in [-0.39, 0.29) is 11.4 Å². The molecule has 6 heteroatoms. The predicted octanol–water partition coefficient (Wildman–Crippen LogP) is 2.52. The molecule has 1 aliphatic carbocycles. The van der Waals surface area contributed by atoms with Crippen LogP contribution in [0.4, 0.5) is 0 Å². The van der Waals surface area contributed by atoms with Crippen LogP contribution in [-0.4, -0.2) is 15.6 Å². The second kappa shape index (κ2) is 5.57. The zero-order valence-electron chi connectivity index (χ0n) is 11.2. The van der Waals surface area contributed by atoms with Crippen LogP contribution in [0.1, 0.15) is 29.8 Å². The summed E-state index contributed by atoms with van der Waals surface area (Å²) >= 11 is 6.30. The van der Waals surface area contributed by atoms with Crippen molar-refractivity contribution in [2.24, 2.45) is 0 Å². The first kappa shape index (κ1) is 13.6. The minimum absolute atomic E-state index is 0.119. The van der Waals surface area contributed by atoms with Gasteiger partial charge in [0.2, 0.25) is 0 Å². The largest absolute Gasteiger partial charge is 0.310 e. The molecule has 0 aliphatic heterocycles. The predicted molar refractivity (Wildman–Crippen MR) is 77.9 cm³/mol. The van der Waals surface area contributed by atoms with Crippen molar-refractivity contribution in [3.8, 4) is 17.8 Å². The average molecular weight is 298 g/mol. The minimum atomic E-state index is 0.119. The summed E-state index contributed by atoms with van der Waals surface area (Å²) in [5, 5.41) is 22.1. The molecule has 1 heterocycles. The van der Waals surface area contributed by atoms with Crippen LogP contribution < -0.4 is 5.32 Å². The van der Waals surface area contributed by atoms with E-state index in [9.17, 15) is 0 Å². The molecular weight excluding hydrogens is 286 g/mol. The Hall–Kier alpha value is -2.34. The van der Waals surface area contributed by atoms with Gasteiger partial charge in [-0.05, 0) is 30.5 Å².